The number of azo groups is 2. The standard InChI is InChI=1S/C24H30N12/c1-5-35(21-11-7-19(8-12-21)27-31-23-29-25-17-33(23)3)15-16-36(6-2)22-13-9-20(10-14-22)28-32-24-30-26-18-34(24)4/h7-14,17-18H,5-6,15-16H2,1-4H3. The summed E-state index contributed by atoms with van der Waals surface area (Å²) in [7, 11) is 3.66. The van der Waals surface area contributed by atoms with E-state index in [4.69, 9.17) is 0 Å². The molecule has 4 rings (SSSR count). The Kier molecular flexibility index (Phi) is 8.06. The van der Waals surface area contributed by atoms with Crippen LogP contribution in [0.4, 0.5) is 34.6 Å². The fourth-order valence-electron chi connectivity index (χ4n) is 3.58. The molecule has 0 aliphatic carbocycles. The molecule has 4 aromatic rings. The minimum absolute atomic E-state index is 0.468. The Hall–Kier alpha value is -4.48. The number of anilines is 2. The Bertz CT molecular complexity index is 1190. The summed E-state index contributed by atoms with van der Waals surface area (Å²) in [5, 5.41) is 32.2. The number of benzene rings is 2. The molecule has 0 radical (unpaired) electrons. The quantitative estimate of drug-likeness (QED) is 0.271. The smallest absolute Gasteiger partial charge is 0.269 e. The van der Waals surface area contributed by atoms with E-state index in [0.717, 1.165) is 48.9 Å². The van der Waals surface area contributed by atoms with Crippen molar-refractivity contribution < 1.29 is 0 Å². The largest absolute Gasteiger partial charge is 0.370 e. The Labute approximate surface area is 210 Å². The summed E-state index contributed by atoms with van der Waals surface area (Å²) in [6.07, 6.45) is 3.19. The molecular formula is C24H30N12. The molecule has 12 nitrogen and oxygen atoms in total. The summed E-state index contributed by atoms with van der Waals surface area (Å²) in [4.78, 5) is 4.69. The highest BCUT2D eigenvalue weighted by Crippen LogP contribution is 2.24. The van der Waals surface area contributed by atoms with Crippen LogP contribution >= 0.6 is 0 Å². The molecule has 2 aromatic heterocycles. The van der Waals surface area contributed by atoms with Crippen molar-refractivity contribution >= 4 is 34.6 Å². The molecule has 0 unspecified atom stereocenters. The van der Waals surface area contributed by atoms with Crippen LogP contribution in [0.2, 0.25) is 0 Å². The first-order valence-electron chi connectivity index (χ1n) is 11.8. The van der Waals surface area contributed by atoms with Crippen molar-refractivity contribution in [2.24, 2.45) is 34.6 Å². The van der Waals surface area contributed by atoms with E-state index in [0.29, 0.717) is 11.9 Å². The molecule has 0 aliphatic rings. The first-order valence-corrected chi connectivity index (χ1v) is 11.8. The molecule has 36 heavy (non-hydrogen) atoms. The normalized spacial score (nSPS) is 11.6. The maximum absolute atomic E-state index is 4.25. The maximum Gasteiger partial charge on any atom is 0.269 e. The lowest BCUT2D eigenvalue weighted by atomic mass is 10.2. The van der Waals surface area contributed by atoms with Crippen molar-refractivity contribution in [3.63, 3.8) is 0 Å². The molecule has 2 heterocycles. The van der Waals surface area contributed by atoms with E-state index in [9.17, 15) is 0 Å². The molecule has 12 heteroatoms. The lowest BCUT2D eigenvalue weighted by Crippen LogP contribution is -2.35. The van der Waals surface area contributed by atoms with E-state index < -0.39 is 0 Å². The van der Waals surface area contributed by atoms with Gasteiger partial charge in [0.15, 0.2) is 0 Å². The molecule has 0 spiro atoms. The Morgan fingerprint density at radius 2 is 1.00 bits per heavy atom. The summed E-state index contributed by atoms with van der Waals surface area (Å²) in [6, 6.07) is 16.1. The van der Waals surface area contributed by atoms with Crippen LogP contribution in [0.3, 0.4) is 0 Å². The van der Waals surface area contributed by atoms with Crippen LogP contribution in [0.25, 0.3) is 0 Å². The Balaban J connectivity index is 1.35. The van der Waals surface area contributed by atoms with Crippen molar-refractivity contribution in [2.45, 2.75) is 13.8 Å². The van der Waals surface area contributed by atoms with Crippen LogP contribution in [0, 0.1) is 0 Å². The minimum atomic E-state index is 0.468. The van der Waals surface area contributed by atoms with E-state index in [1.165, 1.54) is 0 Å². The second-order valence-corrected chi connectivity index (χ2v) is 8.08. The monoisotopic (exact) mass is 486 g/mol. The third kappa shape index (κ3) is 6.14. The summed E-state index contributed by atoms with van der Waals surface area (Å²) >= 11 is 0. The number of aryl methyl sites for hydroxylation is 2. The number of nitrogens with zero attached hydrogens (tertiary/aromatic N) is 12. The van der Waals surface area contributed by atoms with E-state index in [1.807, 2.05) is 38.4 Å². The van der Waals surface area contributed by atoms with Crippen molar-refractivity contribution in [1.29, 1.82) is 0 Å². The van der Waals surface area contributed by atoms with Gasteiger partial charge in [-0.1, -0.05) is 0 Å². The number of hydrogen-bond acceptors (Lipinski definition) is 10. The average molecular weight is 487 g/mol. The number of rotatable bonds is 11. The fourth-order valence-corrected chi connectivity index (χ4v) is 3.58. The van der Waals surface area contributed by atoms with Crippen LogP contribution in [0.1, 0.15) is 13.8 Å². The van der Waals surface area contributed by atoms with Gasteiger partial charge in [0.05, 0.1) is 11.4 Å². The van der Waals surface area contributed by atoms with Gasteiger partial charge in [-0.3, -0.25) is 0 Å². The Morgan fingerprint density at radius 1 is 0.611 bits per heavy atom. The lowest BCUT2D eigenvalue weighted by molar-refractivity contribution is 0.754. The molecule has 0 saturated heterocycles. The molecule has 0 aliphatic heterocycles. The van der Waals surface area contributed by atoms with Gasteiger partial charge in [-0.25, -0.2) is 0 Å². The van der Waals surface area contributed by atoms with Gasteiger partial charge in [0.25, 0.3) is 11.9 Å². The zero-order chi connectivity index (χ0) is 25.3. The first kappa shape index (κ1) is 24.6. The lowest BCUT2D eigenvalue weighted by Gasteiger charge is -2.29. The van der Waals surface area contributed by atoms with E-state index in [2.05, 4.69) is 88.8 Å². The molecule has 0 bridgehead atoms. The molecule has 0 N–H and O–H groups in total. The van der Waals surface area contributed by atoms with Gasteiger partial charge < -0.3 is 18.9 Å². The molecule has 0 fully saturated rings. The number of aromatic nitrogens is 6. The molecule has 0 saturated carbocycles. The minimum Gasteiger partial charge on any atom is -0.370 e. The van der Waals surface area contributed by atoms with Crippen molar-refractivity contribution in [2.75, 3.05) is 36.0 Å². The van der Waals surface area contributed by atoms with Gasteiger partial charge in [0.1, 0.15) is 12.7 Å². The topological polar surface area (TPSA) is 117 Å². The van der Waals surface area contributed by atoms with Crippen LogP contribution in [0.15, 0.2) is 81.6 Å². The second kappa shape index (κ2) is 11.8. The zero-order valence-electron chi connectivity index (χ0n) is 21.0. The van der Waals surface area contributed by atoms with Gasteiger partial charge in [0.2, 0.25) is 0 Å². The highest BCUT2D eigenvalue weighted by molar-refractivity contribution is 5.55. The van der Waals surface area contributed by atoms with Crippen molar-refractivity contribution in [3.05, 3.63) is 61.2 Å². The van der Waals surface area contributed by atoms with Gasteiger partial charge in [0, 0.05) is 51.6 Å². The molecule has 186 valence electrons. The fraction of sp³-hybridized carbons (Fsp3) is 0.333. The van der Waals surface area contributed by atoms with E-state index in [-0.39, 0.29) is 0 Å². The van der Waals surface area contributed by atoms with Gasteiger partial charge in [-0.2, -0.15) is 0 Å². The predicted octanol–water partition coefficient (Wildman–Crippen LogP) is 5.13. The van der Waals surface area contributed by atoms with E-state index >= 15 is 0 Å². The highest BCUT2D eigenvalue weighted by atomic mass is 15.4. The molecule has 2 aromatic carbocycles. The molecule has 0 amide bonds. The van der Waals surface area contributed by atoms with Gasteiger partial charge in [-0.15, -0.1) is 40.9 Å². The third-order valence-electron chi connectivity index (χ3n) is 5.72. The maximum atomic E-state index is 4.25. The summed E-state index contributed by atoms with van der Waals surface area (Å²) in [5.74, 6) is 0.936. The van der Waals surface area contributed by atoms with Gasteiger partial charge in [-0.05, 0) is 62.4 Å². The van der Waals surface area contributed by atoms with Crippen LogP contribution in [0.5, 0.6) is 0 Å². The summed E-state index contributed by atoms with van der Waals surface area (Å²) in [6.45, 7) is 7.90. The van der Waals surface area contributed by atoms with E-state index in [1.54, 1.807) is 21.8 Å². The highest BCUT2D eigenvalue weighted by Gasteiger charge is 2.09. The molecular weight excluding hydrogens is 456 g/mol. The Morgan fingerprint density at radius 3 is 1.31 bits per heavy atom. The van der Waals surface area contributed by atoms with Crippen LogP contribution in [-0.4, -0.2) is 55.7 Å². The van der Waals surface area contributed by atoms with Crippen molar-refractivity contribution in [3.8, 4) is 0 Å². The van der Waals surface area contributed by atoms with Crippen molar-refractivity contribution in [1.82, 2.24) is 29.5 Å². The predicted molar refractivity (Wildman–Crippen MR) is 139 cm³/mol. The summed E-state index contributed by atoms with van der Waals surface area (Å²) in [5.41, 5.74) is 3.82. The van der Waals surface area contributed by atoms with Crippen LogP contribution < -0.4 is 9.80 Å². The van der Waals surface area contributed by atoms with Crippen LogP contribution in [-0.2, 0) is 14.1 Å². The SMILES string of the molecule is CCN(CCN(CC)c1ccc(N=Nc2nncn2C)cc1)c1ccc(N=Nc2nncn2C)cc1. The second-order valence-electron chi connectivity index (χ2n) is 8.08. The third-order valence-corrected chi connectivity index (χ3v) is 5.72. The molecule has 0 atom stereocenters. The summed E-state index contributed by atoms with van der Waals surface area (Å²) < 4.78 is 3.43. The first-order chi connectivity index (χ1) is 17.6. The number of likely N-dealkylation sites (N-methyl/N-ethyl adjacent to an activating group) is 2. The van der Waals surface area contributed by atoms with Gasteiger partial charge >= 0.3 is 0 Å². The average Bonchev–Trinajstić information content (AvgIpc) is 3.52. The number of hydrogen-bond donors (Lipinski definition) is 0. The zero-order valence-corrected chi connectivity index (χ0v) is 21.0.